The van der Waals surface area contributed by atoms with Gasteiger partial charge in [-0.05, 0) is 19.0 Å². The molecule has 5 heteroatoms. The Morgan fingerprint density at radius 3 is 2.47 bits per heavy atom. The van der Waals surface area contributed by atoms with Gasteiger partial charge in [0.2, 0.25) is 0 Å². The lowest BCUT2D eigenvalue weighted by atomic mass is 9.97. The lowest BCUT2D eigenvalue weighted by Crippen LogP contribution is -2.35. The summed E-state index contributed by atoms with van der Waals surface area (Å²) < 4.78 is 40.1. The van der Waals surface area contributed by atoms with E-state index >= 15 is 0 Å². The van der Waals surface area contributed by atoms with Crippen LogP contribution in [0.15, 0.2) is 24.3 Å². The predicted molar refractivity (Wildman–Crippen MR) is 48.5 cm³/mol. The van der Waals surface area contributed by atoms with Gasteiger partial charge < -0.3 is 10.1 Å². The van der Waals surface area contributed by atoms with Crippen LogP contribution in [0.25, 0.3) is 0 Å². The summed E-state index contributed by atoms with van der Waals surface area (Å²) in [6.45, 7) is 0.838. The third-order valence-corrected chi connectivity index (χ3v) is 2.34. The fourth-order valence-corrected chi connectivity index (χ4v) is 1.54. The second kappa shape index (κ2) is 3.73. The molecule has 0 spiro atoms. The molecule has 1 heterocycles. The van der Waals surface area contributed by atoms with Gasteiger partial charge in [0, 0.05) is 11.6 Å². The minimum Gasteiger partial charge on any atom is -0.405 e. The van der Waals surface area contributed by atoms with Crippen molar-refractivity contribution in [2.75, 3.05) is 6.54 Å². The number of para-hydroxylation sites is 1. The lowest BCUT2D eigenvalue weighted by molar-refractivity contribution is -0.275. The van der Waals surface area contributed by atoms with E-state index in [-0.39, 0.29) is 11.8 Å². The Bertz CT molecular complexity index is 347. The highest BCUT2D eigenvalue weighted by atomic mass is 19.4. The number of alkyl halides is 3. The highest BCUT2D eigenvalue weighted by Crippen LogP contribution is 2.33. The van der Waals surface area contributed by atoms with Crippen molar-refractivity contribution in [3.8, 4) is 5.75 Å². The maximum Gasteiger partial charge on any atom is 0.573 e. The second-order valence-corrected chi connectivity index (χ2v) is 3.38. The topological polar surface area (TPSA) is 21.3 Å². The first kappa shape index (κ1) is 10.3. The average Bonchev–Trinajstić information content (AvgIpc) is 2.02. The molecule has 1 aromatic carbocycles. The normalized spacial score (nSPS) is 20.9. The molecule has 1 aliphatic heterocycles. The van der Waals surface area contributed by atoms with E-state index in [0.717, 1.165) is 13.0 Å². The first-order valence-corrected chi connectivity index (χ1v) is 4.64. The molecule has 1 aliphatic rings. The third kappa shape index (κ3) is 2.41. The molecule has 1 aromatic rings. The molecule has 1 fully saturated rings. The molecule has 0 aromatic heterocycles. The van der Waals surface area contributed by atoms with Gasteiger partial charge in [-0.2, -0.15) is 0 Å². The second-order valence-electron chi connectivity index (χ2n) is 3.38. The molecular formula is C10H10F3NO. The van der Waals surface area contributed by atoms with Crippen LogP contribution in [0.4, 0.5) is 13.2 Å². The van der Waals surface area contributed by atoms with Crippen LogP contribution < -0.4 is 10.1 Å². The summed E-state index contributed by atoms with van der Waals surface area (Å²) in [6, 6.07) is 6.21. The molecule has 0 bridgehead atoms. The van der Waals surface area contributed by atoms with Gasteiger partial charge in [-0.25, -0.2) is 0 Å². The fourth-order valence-electron chi connectivity index (χ4n) is 1.54. The Balaban J connectivity index is 2.21. The van der Waals surface area contributed by atoms with Gasteiger partial charge in [-0.1, -0.05) is 18.2 Å². The van der Waals surface area contributed by atoms with E-state index in [2.05, 4.69) is 10.1 Å². The number of nitrogens with one attached hydrogen (secondary N) is 1. The Morgan fingerprint density at radius 2 is 1.93 bits per heavy atom. The fraction of sp³-hybridized carbons (Fsp3) is 0.400. The standard InChI is InChI=1S/C10H10F3NO/c11-10(12,13)15-9-4-2-1-3-7(9)8-5-6-14-8/h1-4,8,14H,5-6H2/t8-/m0/s1. The van der Waals surface area contributed by atoms with Crippen LogP contribution in [0, 0.1) is 0 Å². The van der Waals surface area contributed by atoms with Gasteiger partial charge in [-0.3, -0.25) is 0 Å². The third-order valence-electron chi connectivity index (χ3n) is 2.34. The highest BCUT2D eigenvalue weighted by Gasteiger charge is 2.33. The van der Waals surface area contributed by atoms with Crippen molar-refractivity contribution in [2.45, 2.75) is 18.8 Å². The van der Waals surface area contributed by atoms with Crippen molar-refractivity contribution in [2.24, 2.45) is 0 Å². The number of halogens is 3. The number of hydrogen-bond donors (Lipinski definition) is 1. The zero-order valence-corrected chi connectivity index (χ0v) is 7.84. The van der Waals surface area contributed by atoms with E-state index in [1.54, 1.807) is 12.1 Å². The van der Waals surface area contributed by atoms with E-state index in [1.165, 1.54) is 12.1 Å². The molecule has 15 heavy (non-hydrogen) atoms. The van der Waals surface area contributed by atoms with Gasteiger partial charge in [0.25, 0.3) is 0 Å². The van der Waals surface area contributed by atoms with E-state index in [4.69, 9.17) is 0 Å². The van der Waals surface area contributed by atoms with Crippen LogP contribution in [0.2, 0.25) is 0 Å². The Kier molecular flexibility index (Phi) is 2.56. The zero-order valence-electron chi connectivity index (χ0n) is 7.84. The maximum absolute atomic E-state index is 12.1. The summed E-state index contributed by atoms with van der Waals surface area (Å²) in [5.41, 5.74) is 0.570. The Hall–Kier alpha value is -1.23. The van der Waals surface area contributed by atoms with Crippen molar-refractivity contribution in [1.29, 1.82) is 0 Å². The molecule has 2 nitrogen and oxygen atoms in total. The molecule has 0 aliphatic carbocycles. The number of hydrogen-bond acceptors (Lipinski definition) is 2. The summed E-state index contributed by atoms with van der Waals surface area (Å²) in [5, 5.41) is 3.04. The van der Waals surface area contributed by atoms with Gasteiger partial charge in [0.1, 0.15) is 5.75 Å². The van der Waals surface area contributed by atoms with Crippen LogP contribution in [-0.4, -0.2) is 12.9 Å². The van der Waals surface area contributed by atoms with Gasteiger partial charge >= 0.3 is 6.36 Å². The molecule has 0 amide bonds. The van der Waals surface area contributed by atoms with E-state index < -0.39 is 6.36 Å². The monoisotopic (exact) mass is 217 g/mol. The molecular weight excluding hydrogens is 207 g/mol. The molecule has 0 unspecified atom stereocenters. The quantitative estimate of drug-likeness (QED) is 0.822. The predicted octanol–water partition coefficient (Wildman–Crippen LogP) is 2.62. The SMILES string of the molecule is FC(F)(F)Oc1ccccc1[C@@H]1CCN1. The largest absolute Gasteiger partial charge is 0.573 e. The molecule has 0 saturated carbocycles. The summed E-state index contributed by atoms with van der Waals surface area (Å²) in [6.07, 6.45) is -3.78. The zero-order chi connectivity index (χ0) is 10.9. The Morgan fingerprint density at radius 1 is 1.27 bits per heavy atom. The molecule has 1 atom stereocenters. The van der Waals surface area contributed by atoms with E-state index in [9.17, 15) is 13.2 Å². The summed E-state index contributed by atoms with van der Waals surface area (Å²) in [5.74, 6) is -0.109. The van der Waals surface area contributed by atoms with Gasteiger partial charge in [0.05, 0.1) is 0 Å². The smallest absolute Gasteiger partial charge is 0.405 e. The number of benzene rings is 1. The number of rotatable bonds is 2. The average molecular weight is 217 g/mol. The summed E-state index contributed by atoms with van der Waals surface area (Å²) in [4.78, 5) is 0. The first-order chi connectivity index (χ1) is 7.06. The first-order valence-electron chi connectivity index (χ1n) is 4.64. The van der Waals surface area contributed by atoms with Crippen molar-refractivity contribution in [3.05, 3.63) is 29.8 Å². The van der Waals surface area contributed by atoms with Crippen LogP contribution >= 0.6 is 0 Å². The van der Waals surface area contributed by atoms with Crippen LogP contribution in [0.3, 0.4) is 0 Å². The highest BCUT2D eigenvalue weighted by molar-refractivity contribution is 5.37. The van der Waals surface area contributed by atoms with Crippen LogP contribution in [0.1, 0.15) is 18.0 Å². The Labute approximate surface area is 85.0 Å². The molecule has 1 saturated heterocycles. The van der Waals surface area contributed by atoms with Crippen molar-refractivity contribution < 1.29 is 17.9 Å². The molecule has 2 rings (SSSR count). The van der Waals surface area contributed by atoms with Crippen molar-refractivity contribution in [3.63, 3.8) is 0 Å². The molecule has 82 valence electrons. The molecule has 0 radical (unpaired) electrons. The maximum atomic E-state index is 12.1. The van der Waals surface area contributed by atoms with Crippen LogP contribution in [-0.2, 0) is 0 Å². The van der Waals surface area contributed by atoms with Gasteiger partial charge in [-0.15, -0.1) is 13.2 Å². The lowest BCUT2D eigenvalue weighted by Gasteiger charge is -2.29. The minimum absolute atomic E-state index is 0.0106. The number of ether oxygens (including phenoxy) is 1. The molecule has 1 N–H and O–H groups in total. The minimum atomic E-state index is -4.63. The van der Waals surface area contributed by atoms with E-state index in [1.807, 2.05) is 0 Å². The summed E-state index contributed by atoms with van der Waals surface area (Å²) in [7, 11) is 0. The van der Waals surface area contributed by atoms with Crippen molar-refractivity contribution >= 4 is 0 Å². The van der Waals surface area contributed by atoms with Crippen molar-refractivity contribution in [1.82, 2.24) is 5.32 Å². The van der Waals surface area contributed by atoms with Gasteiger partial charge in [0.15, 0.2) is 0 Å². The van der Waals surface area contributed by atoms with Crippen LogP contribution in [0.5, 0.6) is 5.75 Å². The summed E-state index contributed by atoms with van der Waals surface area (Å²) >= 11 is 0. The van der Waals surface area contributed by atoms with E-state index in [0.29, 0.717) is 5.56 Å².